The number of hydrazone groups is 1. The van der Waals surface area contributed by atoms with Gasteiger partial charge in [0.2, 0.25) is 5.91 Å². The summed E-state index contributed by atoms with van der Waals surface area (Å²) in [4.78, 5) is 11.8. The van der Waals surface area contributed by atoms with Crippen molar-refractivity contribution >= 4 is 23.2 Å². The second kappa shape index (κ2) is 6.39. The number of hydrogen-bond donors (Lipinski definition) is 1. The number of hydrogen-bond acceptors (Lipinski definition) is 2. The number of carbonyl (C=O) groups excluding carboxylic acids is 1. The van der Waals surface area contributed by atoms with Crippen molar-refractivity contribution in [3.63, 3.8) is 0 Å². The fourth-order valence-electron chi connectivity index (χ4n) is 1.79. The van der Waals surface area contributed by atoms with E-state index in [4.69, 9.17) is 11.6 Å². The summed E-state index contributed by atoms with van der Waals surface area (Å²) in [6, 6.07) is 11.1. The first-order valence-corrected chi connectivity index (χ1v) is 6.63. The average Bonchev–Trinajstić information content (AvgIpc) is 2.82. The van der Waals surface area contributed by atoms with Crippen LogP contribution in [-0.2, 0) is 18.3 Å². The molecule has 20 heavy (non-hydrogen) atoms. The Labute approximate surface area is 123 Å². The third-order valence-corrected chi connectivity index (χ3v) is 3.26. The van der Waals surface area contributed by atoms with Crippen LogP contribution < -0.4 is 5.43 Å². The van der Waals surface area contributed by atoms with Gasteiger partial charge in [-0.2, -0.15) is 5.10 Å². The van der Waals surface area contributed by atoms with E-state index in [-0.39, 0.29) is 5.91 Å². The van der Waals surface area contributed by atoms with Crippen molar-refractivity contribution in [1.82, 2.24) is 9.99 Å². The minimum atomic E-state index is -0.139. The number of benzene rings is 1. The van der Waals surface area contributed by atoms with Crippen molar-refractivity contribution < 1.29 is 4.79 Å². The van der Waals surface area contributed by atoms with E-state index < -0.39 is 0 Å². The molecule has 0 saturated heterocycles. The van der Waals surface area contributed by atoms with Gasteiger partial charge >= 0.3 is 0 Å². The highest BCUT2D eigenvalue weighted by atomic mass is 35.5. The lowest BCUT2D eigenvalue weighted by atomic mass is 10.1. The van der Waals surface area contributed by atoms with E-state index in [9.17, 15) is 4.79 Å². The zero-order valence-electron chi connectivity index (χ0n) is 11.4. The number of nitrogens with zero attached hydrogens (tertiary/aromatic N) is 2. The Morgan fingerprint density at radius 3 is 2.60 bits per heavy atom. The Hall–Kier alpha value is -2.07. The summed E-state index contributed by atoms with van der Waals surface area (Å²) >= 11 is 5.83. The third-order valence-electron chi connectivity index (χ3n) is 3.00. The molecule has 5 heteroatoms. The Balaban J connectivity index is 1.96. The molecule has 4 nitrogen and oxygen atoms in total. The lowest BCUT2D eigenvalue weighted by Gasteiger charge is -2.04. The molecule has 1 aromatic heterocycles. The molecular weight excluding hydrogens is 274 g/mol. The van der Waals surface area contributed by atoms with Crippen molar-refractivity contribution in [3.8, 4) is 0 Å². The first-order chi connectivity index (χ1) is 9.56. The van der Waals surface area contributed by atoms with Gasteiger partial charge in [-0.25, -0.2) is 5.43 Å². The molecule has 0 aliphatic carbocycles. The molecule has 2 rings (SSSR count). The zero-order chi connectivity index (χ0) is 14.5. The summed E-state index contributed by atoms with van der Waals surface area (Å²) in [6.07, 6.45) is 2.21. The molecule has 0 aliphatic rings. The minimum absolute atomic E-state index is 0.139. The first kappa shape index (κ1) is 14.3. The maximum Gasteiger partial charge on any atom is 0.246 e. The molecule has 1 amide bonds. The quantitative estimate of drug-likeness (QED) is 0.683. The fourth-order valence-corrected chi connectivity index (χ4v) is 1.91. The summed E-state index contributed by atoms with van der Waals surface area (Å²) in [5.74, 6) is -0.139. The van der Waals surface area contributed by atoms with Gasteiger partial charge in [0.05, 0.1) is 12.1 Å². The molecule has 0 bridgehead atoms. The molecule has 104 valence electrons. The van der Waals surface area contributed by atoms with Crippen LogP contribution in [0.3, 0.4) is 0 Å². The third kappa shape index (κ3) is 3.71. The van der Waals surface area contributed by atoms with Crippen molar-refractivity contribution in [2.75, 3.05) is 0 Å². The van der Waals surface area contributed by atoms with Gasteiger partial charge in [-0.15, -0.1) is 0 Å². The van der Waals surface area contributed by atoms with Crippen LogP contribution in [0, 0.1) is 0 Å². The van der Waals surface area contributed by atoms with E-state index in [1.807, 2.05) is 49.0 Å². The normalized spacial score (nSPS) is 11.4. The summed E-state index contributed by atoms with van der Waals surface area (Å²) in [6.45, 7) is 1.84. The largest absolute Gasteiger partial charge is 0.354 e. The van der Waals surface area contributed by atoms with Gasteiger partial charge in [0.15, 0.2) is 0 Å². The molecule has 2 aromatic rings. The van der Waals surface area contributed by atoms with E-state index >= 15 is 0 Å². The number of amides is 1. The molecule has 1 N–H and O–H groups in total. The Morgan fingerprint density at radius 2 is 2.00 bits per heavy atom. The van der Waals surface area contributed by atoms with Crippen LogP contribution in [0.2, 0.25) is 5.02 Å². The molecule has 1 heterocycles. The van der Waals surface area contributed by atoms with E-state index in [1.54, 1.807) is 12.1 Å². The maximum absolute atomic E-state index is 11.8. The first-order valence-electron chi connectivity index (χ1n) is 6.25. The van der Waals surface area contributed by atoms with E-state index in [1.165, 1.54) is 0 Å². The van der Waals surface area contributed by atoms with Crippen molar-refractivity contribution in [1.29, 1.82) is 0 Å². The molecule has 0 radical (unpaired) electrons. The monoisotopic (exact) mass is 289 g/mol. The van der Waals surface area contributed by atoms with Crippen molar-refractivity contribution in [3.05, 3.63) is 58.9 Å². The summed E-state index contributed by atoms with van der Waals surface area (Å²) in [7, 11) is 1.91. The average molecular weight is 290 g/mol. The number of halogens is 1. The molecule has 0 atom stereocenters. The molecule has 0 aliphatic heterocycles. The summed E-state index contributed by atoms with van der Waals surface area (Å²) in [5, 5.41) is 4.77. The Bertz CT molecular complexity index is 629. The van der Waals surface area contributed by atoms with Gasteiger partial charge in [0.1, 0.15) is 0 Å². The van der Waals surface area contributed by atoms with Crippen LogP contribution in [0.1, 0.15) is 18.2 Å². The van der Waals surface area contributed by atoms with Gasteiger partial charge < -0.3 is 4.57 Å². The molecule has 0 fully saturated rings. The van der Waals surface area contributed by atoms with Crippen LogP contribution in [0.4, 0.5) is 0 Å². The maximum atomic E-state index is 11.8. The molecule has 0 unspecified atom stereocenters. The highest BCUT2D eigenvalue weighted by Gasteiger charge is 2.05. The van der Waals surface area contributed by atoms with Gasteiger partial charge in [-0.05, 0) is 36.8 Å². The molecule has 0 spiro atoms. The Morgan fingerprint density at radius 1 is 1.30 bits per heavy atom. The van der Waals surface area contributed by atoms with Gasteiger partial charge in [0.25, 0.3) is 0 Å². The highest BCUT2D eigenvalue weighted by molar-refractivity contribution is 6.30. The van der Waals surface area contributed by atoms with Crippen molar-refractivity contribution in [2.45, 2.75) is 13.3 Å². The van der Waals surface area contributed by atoms with Gasteiger partial charge in [-0.1, -0.05) is 23.7 Å². The topological polar surface area (TPSA) is 46.4 Å². The van der Waals surface area contributed by atoms with Crippen molar-refractivity contribution in [2.24, 2.45) is 12.1 Å². The number of nitrogens with one attached hydrogen (secondary N) is 1. The van der Waals surface area contributed by atoms with Crippen LogP contribution in [0.5, 0.6) is 0 Å². The number of aryl methyl sites for hydroxylation is 1. The van der Waals surface area contributed by atoms with Crippen LogP contribution in [-0.4, -0.2) is 16.2 Å². The smallest absolute Gasteiger partial charge is 0.246 e. The van der Waals surface area contributed by atoms with Crippen LogP contribution in [0.15, 0.2) is 47.7 Å². The van der Waals surface area contributed by atoms with Gasteiger partial charge in [-0.3, -0.25) is 4.79 Å². The summed E-state index contributed by atoms with van der Waals surface area (Å²) in [5.41, 5.74) is 5.17. The standard InChI is InChI=1S/C15H16ClN3O/c1-11(12-5-7-13(16)8-6-12)17-18-15(20)10-14-4-3-9-19(14)2/h3-9H,10H2,1-2H3,(H,18,20). The predicted molar refractivity (Wildman–Crippen MR) is 80.9 cm³/mol. The molecular formula is C15H16ClN3O. The number of aromatic nitrogens is 1. The van der Waals surface area contributed by atoms with E-state index in [0.717, 1.165) is 17.0 Å². The second-order valence-electron chi connectivity index (χ2n) is 4.53. The van der Waals surface area contributed by atoms with Crippen LogP contribution in [0.25, 0.3) is 0 Å². The highest BCUT2D eigenvalue weighted by Crippen LogP contribution is 2.10. The molecule has 0 saturated carbocycles. The summed E-state index contributed by atoms with van der Waals surface area (Å²) < 4.78 is 1.91. The van der Waals surface area contributed by atoms with E-state index in [0.29, 0.717) is 11.4 Å². The number of carbonyl (C=O) groups is 1. The minimum Gasteiger partial charge on any atom is -0.354 e. The van der Waals surface area contributed by atoms with E-state index in [2.05, 4.69) is 10.5 Å². The SMILES string of the molecule is CC(=NNC(=O)Cc1cccn1C)c1ccc(Cl)cc1. The second-order valence-corrected chi connectivity index (χ2v) is 4.96. The number of rotatable bonds is 4. The van der Waals surface area contributed by atoms with Gasteiger partial charge in [0, 0.05) is 24.0 Å². The molecule has 1 aromatic carbocycles. The lowest BCUT2D eigenvalue weighted by Crippen LogP contribution is -2.22. The fraction of sp³-hybridized carbons (Fsp3) is 0.200. The Kier molecular flexibility index (Phi) is 4.58. The zero-order valence-corrected chi connectivity index (χ0v) is 12.2. The lowest BCUT2D eigenvalue weighted by molar-refractivity contribution is -0.120. The predicted octanol–water partition coefficient (Wildman–Crippen LogP) is 2.76. The van der Waals surface area contributed by atoms with Crippen LogP contribution >= 0.6 is 11.6 Å².